The first kappa shape index (κ1) is 15.8. The quantitative estimate of drug-likeness (QED) is 0.763. The average Bonchev–Trinajstić information content (AvgIpc) is 2.77. The van der Waals surface area contributed by atoms with Gasteiger partial charge in [-0.1, -0.05) is 44.0 Å². The van der Waals surface area contributed by atoms with Gasteiger partial charge < -0.3 is 0 Å². The molecule has 2 saturated carbocycles. The molecule has 0 aliphatic heterocycles. The second-order valence-corrected chi connectivity index (χ2v) is 7.96. The van der Waals surface area contributed by atoms with Crippen LogP contribution in [0.2, 0.25) is 10.0 Å². The maximum atomic E-state index is 12.3. The molecule has 22 heavy (non-hydrogen) atoms. The van der Waals surface area contributed by atoms with Crippen LogP contribution in [0.1, 0.15) is 50.4 Å². The molecule has 5 heteroatoms. The van der Waals surface area contributed by atoms with Crippen LogP contribution in [0, 0.1) is 16.7 Å². The second-order valence-electron chi connectivity index (χ2n) is 7.12. The molecule has 1 aromatic rings. The fourth-order valence-corrected chi connectivity index (χ4v) is 4.44. The van der Waals surface area contributed by atoms with Crippen LogP contribution in [0.4, 0.5) is 0 Å². The Bertz CT molecular complexity index is 669. The zero-order chi connectivity index (χ0) is 16.1. The van der Waals surface area contributed by atoms with Crippen molar-refractivity contribution in [3.8, 4) is 0 Å². The molecule has 1 aromatic carbocycles. The molecule has 3 nitrogen and oxygen atoms in total. The highest BCUT2D eigenvalue weighted by atomic mass is 35.5. The van der Waals surface area contributed by atoms with Crippen LogP contribution in [0.5, 0.6) is 0 Å². The topological polar surface area (TPSA) is 41.5 Å². The van der Waals surface area contributed by atoms with Gasteiger partial charge in [-0.3, -0.25) is 4.79 Å². The van der Waals surface area contributed by atoms with E-state index in [-0.39, 0.29) is 16.7 Å². The van der Waals surface area contributed by atoms with Gasteiger partial charge in [0.05, 0.1) is 10.6 Å². The lowest BCUT2D eigenvalue weighted by molar-refractivity contribution is 0.0954. The van der Waals surface area contributed by atoms with Crippen LogP contribution >= 0.6 is 23.2 Å². The second kappa shape index (κ2) is 5.24. The summed E-state index contributed by atoms with van der Waals surface area (Å²) in [6.45, 7) is 6.89. The highest BCUT2D eigenvalue weighted by Crippen LogP contribution is 2.63. The predicted molar refractivity (Wildman–Crippen MR) is 90.6 cm³/mol. The largest absolute Gasteiger partial charge is 0.272 e. The van der Waals surface area contributed by atoms with Crippen molar-refractivity contribution in [1.82, 2.24) is 5.43 Å². The van der Waals surface area contributed by atoms with Crippen molar-refractivity contribution in [3.05, 3.63) is 33.8 Å². The number of hydrogen-bond acceptors (Lipinski definition) is 2. The molecule has 0 radical (unpaired) electrons. The van der Waals surface area contributed by atoms with E-state index in [0.29, 0.717) is 21.5 Å². The van der Waals surface area contributed by atoms with Crippen LogP contribution in [0.25, 0.3) is 0 Å². The monoisotopic (exact) mass is 338 g/mol. The van der Waals surface area contributed by atoms with Crippen molar-refractivity contribution in [2.24, 2.45) is 21.8 Å². The zero-order valence-corrected chi connectivity index (χ0v) is 14.6. The van der Waals surface area contributed by atoms with Crippen molar-refractivity contribution in [3.63, 3.8) is 0 Å². The Labute approximate surface area is 141 Å². The Kier molecular flexibility index (Phi) is 3.77. The summed E-state index contributed by atoms with van der Waals surface area (Å²) in [7, 11) is 0. The van der Waals surface area contributed by atoms with Crippen molar-refractivity contribution >= 4 is 34.8 Å². The van der Waals surface area contributed by atoms with E-state index in [2.05, 4.69) is 31.3 Å². The molecular formula is C17H20Cl2N2O. The Hall–Kier alpha value is -1.06. The third-order valence-electron chi connectivity index (χ3n) is 5.98. The number of fused-ring (bicyclic) bond motifs is 2. The fourth-order valence-electron chi connectivity index (χ4n) is 3.95. The third-order valence-corrected chi connectivity index (χ3v) is 6.53. The smallest absolute Gasteiger partial charge is 0.267 e. The summed E-state index contributed by atoms with van der Waals surface area (Å²) >= 11 is 11.9. The standard InChI is InChI=1S/C17H20Cl2N2O/c1-16(2)10-6-7-17(16,3)14(8-10)20-21-15(22)12-5-4-11(18)9-13(12)19/h4-5,9-10H,6-8H2,1-3H3,(H,21,22)/b20-14-/t10-,17-/m0/s1. The fraction of sp³-hybridized carbons (Fsp3) is 0.529. The van der Waals surface area contributed by atoms with E-state index in [9.17, 15) is 4.79 Å². The van der Waals surface area contributed by atoms with Crippen LogP contribution in [-0.2, 0) is 0 Å². The molecule has 118 valence electrons. The summed E-state index contributed by atoms with van der Waals surface area (Å²) in [4.78, 5) is 12.3. The number of carbonyl (C=O) groups excluding carboxylic acids is 1. The Morgan fingerprint density at radius 1 is 1.32 bits per heavy atom. The van der Waals surface area contributed by atoms with Crippen molar-refractivity contribution in [2.75, 3.05) is 0 Å². The van der Waals surface area contributed by atoms with Gasteiger partial charge in [0.2, 0.25) is 0 Å². The van der Waals surface area contributed by atoms with Gasteiger partial charge in [-0.15, -0.1) is 0 Å². The normalized spacial score (nSPS) is 30.8. The van der Waals surface area contributed by atoms with Crippen molar-refractivity contribution in [2.45, 2.75) is 40.0 Å². The maximum Gasteiger partial charge on any atom is 0.272 e. The summed E-state index contributed by atoms with van der Waals surface area (Å²) in [6, 6.07) is 4.83. The third kappa shape index (κ3) is 2.26. The summed E-state index contributed by atoms with van der Waals surface area (Å²) < 4.78 is 0. The Balaban J connectivity index is 1.79. The van der Waals surface area contributed by atoms with Gasteiger partial charge in [0, 0.05) is 16.1 Å². The number of nitrogens with one attached hydrogen (secondary N) is 1. The number of nitrogens with zero attached hydrogens (tertiary/aromatic N) is 1. The molecule has 2 bridgehead atoms. The van der Waals surface area contributed by atoms with E-state index in [4.69, 9.17) is 23.2 Å². The van der Waals surface area contributed by atoms with E-state index in [1.54, 1.807) is 18.2 Å². The molecule has 1 amide bonds. The predicted octanol–water partition coefficient (Wildman–Crippen LogP) is 4.93. The van der Waals surface area contributed by atoms with E-state index in [1.165, 1.54) is 6.42 Å². The molecule has 0 heterocycles. The number of benzene rings is 1. The number of halogens is 2. The summed E-state index contributed by atoms with van der Waals surface area (Å²) in [5, 5.41) is 5.29. The number of carbonyl (C=O) groups is 1. The molecule has 0 saturated heterocycles. The van der Waals surface area contributed by atoms with Gasteiger partial charge in [0.1, 0.15) is 0 Å². The van der Waals surface area contributed by atoms with Crippen molar-refractivity contribution < 1.29 is 4.79 Å². The first-order valence-corrected chi connectivity index (χ1v) is 8.34. The van der Waals surface area contributed by atoms with Crippen LogP contribution in [0.15, 0.2) is 23.3 Å². The Morgan fingerprint density at radius 3 is 2.59 bits per heavy atom. The molecule has 0 spiro atoms. The molecule has 3 rings (SSSR count). The number of hydrazone groups is 1. The number of amides is 1. The minimum atomic E-state index is -0.293. The summed E-state index contributed by atoms with van der Waals surface area (Å²) in [5.41, 5.74) is 4.49. The lowest BCUT2D eigenvalue weighted by atomic mass is 9.70. The van der Waals surface area contributed by atoms with E-state index in [0.717, 1.165) is 18.6 Å². The Morgan fingerprint density at radius 2 is 2.05 bits per heavy atom. The van der Waals surface area contributed by atoms with E-state index < -0.39 is 0 Å². The summed E-state index contributed by atoms with van der Waals surface area (Å²) in [5.74, 6) is 0.366. The molecule has 2 atom stereocenters. The van der Waals surface area contributed by atoms with Crippen molar-refractivity contribution in [1.29, 1.82) is 0 Å². The molecule has 2 aliphatic rings. The summed E-state index contributed by atoms with van der Waals surface area (Å²) in [6.07, 6.45) is 3.36. The molecule has 2 aliphatic carbocycles. The SMILES string of the molecule is CC1(C)[C@H]2CC[C@@]1(C)/C(=N\NC(=O)c1ccc(Cl)cc1Cl)C2. The first-order chi connectivity index (χ1) is 10.3. The van der Waals surface area contributed by atoms with E-state index >= 15 is 0 Å². The van der Waals surface area contributed by atoms with Gasteiger partial charge in [-0.2, -0.15) is 5.10 Å². The van der Waals surface area contributed by atoms with Gasteiger partial charge in [0.25, 0.3) is 5.91 Å². The number of rotatable bonds is 2. The van der Waals surface area contributed by atoms with Gasteiger partial charge in [0.15, 0.2) is 0 Å². The number of hydrogen-bond donors (Lipinski definition) is 1. The minimum Gasteiger partial charge on any atom is -0.267 e. The lowest BCUT2D eigenvalue weighted by Gasteiger charge is -2.34. The van der Waals surface area contributed by atoms with Crippen LogP contribution in [-0.4, -0.2) is 11.6 Å². The van der Waals surface area contributed by atoms with Crippen LogP contribution in [0.3, 0.4) is 0 Å². The van der Waals surface area contributed by atoms with Gasteiger partial charge in [-0.25, -0.2) is 5.43 Å². The molecule has 1 N–H and O–H groups in total. The van der Waals surface area contributed by atoms with Gasteiger partial charge >= 0.3 is 0 Å². The van der Waals surface area contributed by atoms with Gasteiger partial charge in [-0.05, 0) is 48.8 Å². The highest BCUT2D eigenvalue weighted by molar-refractivity contribution is 6.36. The minimum absolute atomic E-state index is 0.0781. The lowest BCUT2D eigenvalue weighted by Crippen LogP contribution is -2.34. The molecule has 0 aromatic heterocycles. The molecule has 2 fully saturated rings. The molecular weight excluding hydrogens is 319 g/mol. The average molecular weight is 339 g/mol. The van der Waals surface area contributed by atoms with Crippen LogP contribution < -0.4 is 5.43 Å². The van der Waals surface area contributed by atoms with E-state index in [1.807, 2.05) is 0 Å². The first-order valence-electron chi connectivity index (χ1n) is 7.58. The maximum absolute atomic E-state index is 12.3. The zero-order valence-electron chi connectivity index (χ0n) is 13.0. The molecule has 0 unspecified atom stereocenters. The highest BCUT2D eigenvalue weighted by Gasteiger charge is 2.60.